The molecule has 0 unspecified atom stereocenters. The standard InChI is InChI=1S/C6H14N4/c1-6(2)3-4-10-5-7-8-9-10/h5-6,8-9H,3-4H2,1-2H3. The lowest BCUT2D eigenvalue weighted by molar-refractivity contribution is 0.284. The first-order chi connectivity index (χ1) is 4.79. The molecule has 2 N–H and O–H groups in total. The Labute approximate surface area is 61.2 Å². The molecule has 0 aromatic rings. The Bertz CT molecular complexity index is 121. The number of hydrogen-bond acceptors (Lipinski definition) is 4. The Morgan fingerprint density at radius 2 is 2.40 bits per heavy atom. The molecular formula is C6H14N4. The highest BCUT2D eigenvalue weighted by Gasteiger charge is 2.03. The van der Waals surface area contributed by atoms with Crippen LogP contribution in [0.3, 0.4) is 0 Å². The summed E-state index contributed by atoms with van der Waals surface area (Å²) < 4.78 is 0. The van der Waals surface area contributed by atoms with Gasteiger partial charge >= 0.3 is 0 Å². The van der Waals surface area contributed by atoms with E-state index < -0.39 is 0 Å². The van der Waals surface area contributed by atoms with Crippen LogP contribution < -0.4 is 11.1 Å². The van der Waals surface area contributed by atoms with Crippen LogP contribution in [0.25, 0.3) is 0 Å². The van der Waals surface area contributed by atoms with Gasteiger partial charge in [0, 0.05) is 6.54 Å². The molecule has 0 aromatic heterocycles. The van der Waals surface area contributed by atoms with Crippen LogP contribution >= 0.6 is 0 Å². The van der Waals surface area contributed by atoms with Crippen molar-refractivity contribution in [2.24, 2.45) is 11.0 Å². The van der Waals surface area contributed by atoms with Crippen molar-refractivity contribution in [2.75, 3.05) is 6.54 Å². The number of hydrazine groups is 2. The van der Waals surface area contributed by atoms with E-state index in [9.17, 15) is 0 Å². The maximum Gasteiger partial charge on any atom is 0.128 e. The van der Waals surface area contributed by atoms with Gasteiger partial charge in [0.2, 0.25) is 0 Å². The molecule has 58 valence electrons. The Hall–Kier alpha value is -0.770. The SMILES string of the molecule is CC(C)CCN1C=NNN1. The van der Waals surface area contributed by atoms with Crippen LogP contribution in [0.2, 0.25) is 0 Å². The fourth-order valence-electron chi connectivity index (χ4n) is 0.731. The molecule has 1 aliphatic rings. The topological polar surface area (TPSA) is 39.7 Å². The van der Waals surface area contributed by atoms with Gasteiger partial charge in [-0.3, -0.25) is 5.01 Å². The third-order valence-corrected chi connectivity index (χ3v) is 1.40. The highest BCUT2D eigenvalue weighted by atomic mass is 15.8. The summed E-state index contributed by atoms with van der Waals surface area (Å²) >= 11 is 0. The van der Waals surface area contributed by atoms with E-state index >= 15 is 0 Å². The van der Waals surface area contributed by atoms with E-state index in [2.05, 4.69) is 30.0 Å². The molecule has 1 aliphatic heterocycles. The van der Waals surface area contributed by atoms with Gasteiger partial charge in [0.1, 0.15) is 6.34 Å². The summed E-state index contributed by atoms with van der Waals surface area (Å²) in [6, 6.07) is 0. The lowest BCUT2D eigenvalue weighted by Gasteiger charge is -2.13. The molecule has 0 saturated carbocycles. The first-order valence-electron chi connectivity index (χ1n) is 3.59. The zero-order chi connectivity index (χ0) is 7.40. The van der Waals surface area contributed by atoms with Crippen molar-refractivity contribution in [2.45, 2.75) is 20.3 Å². The van der Waals surface area contributed by atoms with Crippen molar-refractivity contribution in [3.63, 3.8) is 0 Å². The van der Waals surface area contributed by atoms with E-state index in [1.165, 1.54) is 6.42 Å². The Kier molecular flexibility index (Phi) is 2.50. The maximum atomic E-state index is 3.78. The van der Waals surface area contributed by atoms with E-state index in [0.29, 0.717) is 0 Å². The van der Waals surface area contributed by atoms with E-state index in [1.54, 1.807) is 6.34 Å². The van der Waals surface area contributed by atoms with Crippen LogP contribution in [0.15, 0.2) is 5.10 Å². The second-order valence-corrected chi connectivity index (χ2v) is 2.84. The summed E-state index contributed by atoms with van der Waals surface area (Å²) in [5.74, 6) is 0.746. The normalized spacial score (nSPS) is 16.5. The summed E-state index contributed by atoms with van der Waals surface area (Å²) in [6.45, 7) is 5.43. The van der Waals surface area contributed by atoms with Crippen LogP contribution in [-0.4, -0.2) is 17.9 Å². The Morgan fingerprint density at radius 1 is 1.60 bits per heavy atom. The summed E-state index contributed by atoms with van der Waals surface area (Å²) in [5, 5.41) is 5.71. The molecule has 0 aliphatic carbocycles. The first-order valence-corrected chi connectivity index (χ1v) is 3.59. The van der Waals surface area contributed by atoms with Crippen molar-refractivity contribution in [3.05, 3.63) is 0 Å². The van der Waals surface area contributed by atoms with Crippen LogP contribution in [0.4, 0.5) is 0 Å². The van der Waals surface area contributed by atoms with E-state index in [4.69, 9.17) is 0 Å². The molecule has 0 fully saturated rings. The van der Waals surface area contributed by atoms with Crippen molar-refractivity contribution < 1.29 is 0 Å². The average Bonchev–Trinajstić information content (AvgIpc) is 2.34. The minimum absolute atomic E-state index is 0.746. The van der Waals surface area contributed by atoms with Gasteiger partial charge in [0.25, 0.3) is 0 Å². The molecule has 0 spiro atoms. The molecule has 4 heteroatoms. The molecule has 0 amide bonds. The quantitative estimate of drug-likeness (QED) is 0.595. The third-order valence-electron chi connectivity index (χ3n) is 1.40. The van der Waals surface area contributed by atoms with Crippen molar-refractivity contribution in [1.29, 1.82) is 0 Å². The number of nitrogens with one attached hydrogen (secondary N) is 2. The first kappa shape index (κ1) is 7.34. The fraction of sp³-hybridized carbons (Fsp3) is 0.833. The van der Waals surface area contributed by atoms with Crippen LogP contribution in [-0.2, 0) is 0 Å². The molecule has 1 rings (SSSR count). The number of hydrazone groups is 1. The van der Waals surface area contributed by atoms with Crippen molar-refractivity contribution >= 4 is 6.34 Å². The minimum Gasteiger partial charge on any atom is -0.278 e. The second kappa shape index (κ2) is 3.41. The summed E-state index contributed by atoms with van der Waals surface area (Å²) in [5.41, 5.74) is 5.51. The lowest BCUT2D eigenvalue weighted by Crippen LogP contribution is -2.38. The third kappa shape index (κ3) is 2.23. The molecule has 1 heterocycles. The van der Waals surface area contributed by atoms with Crippen LogP contribution in [0.5, 0.6) is 0 Å². The van der Waals surface area contributed by atoms with Gasteiger partial charge in [-0.15, -0.1) is 5.53 Å². The predicted molar refractivity (Wildman–Crippen MR) is 40.9 cm³/mol. The smallest absolute Gasteiger partial charge is 0.128 e. The Balaban J connectivity index is 2.08. The minimum atomic E-state index is 0.746. The van der Waals surface area contributed by atoms with Gasteiger partial charge < -0.3 is 0 Å². The van der Waals surface area contributed by atoms with Gasteiger partial charge in [-0.1, -0.05) is 13.8 Å². The molecule has 10 heavy (non-hydrogen) atoms. The Morgan fingerprint density at radius 3 is 2.90 bits per heavy atom. The fourth-order valence-corrected chi connectivity index (χ4v) is 0.731. The zero-order valence-corrected chi connectivity index (χ0v) is 6.46. The van der Waals surface area contributed by atoms with Crippen molar-refractivity contribution in [1.82, 2.24) is 16.1 Å². The van der Waals surface area contributed by atoms with Crippen molar-refractivity contribution in [3.8, 4) is 0 Å². The predicted octanol–water partition coefficient (Wildman–Crippen LogP) is 0.301. The van der Waals surface area contributed by atoms with E-state index in [0.717, 1.165) is 12.5 Å². The molecule has 0 atom stereocenters. The molecule has 0 radical (unpaired) electrons. The van der Waals surface area contributed by atoms with Gasteiger partial charge in [0.05, 0.1) is 0 Å². The number of nitrogens with zero attached hydrogens (tertiary/aromatic N) is 2. The van der Waals surface area contributed by atoms with Gasteiger partial charge in [-0.25, -0.2) is 5.53 Å². The highest BCUT2D eigenvalue weighted by molar-refractivity contribution is 5.54. The lowest BCUT2D eigenvalue weighted by atomic mass is 10.1. The molecule has 0 bridgehead atoms. The molecule has 0 saturated heterocycles. The number of rotatable bonds is 3. The van der Waals surface area contributed by atoms with E-state index in [1.807, 2.05) is 5.01 Å². The molecular weight excluding hydrogens is 128 g/mol. The summed E-state index contributed by atoms with van der Waals surface area (Å²) in [4.78, 5) is 0. The zero-order valence-electron chi connectivity index (χ0n) is 6.46. The highest BCUT2D eigenvalue weighted by Crippen LogP contribution is 1.99. The monoisotopic (exact) mass is 142 g/mol. The molecule has 4 nitrogen and oxygen atoms in total. The average molecular weight is 142 g/mol. The number of hydrogen-bond donors (Lipinski definition) is 2. The largest absolute Gasteiger partial charge is 0.278 e. The van der Waals surface area contributed by atoms with E-state index in [-0.39, 0.29) is 0 Å². The van der Waals surface area contributed by atoms with Gasteiger partial charge in [0.15, 0.2) is 0 Å². The van der Waals surface area contributed by atoms with Crippen LogP contribution in [0, 0.1) is 5.92 Å². The van der Waals surface area contributed by atoms with Crippen LogP contribution in [0.1, 0.15) is 20.3 Å². The summed E-state index contributed by atoms with van der Waals surface area (Å²) in [7, 11) is 0. The van der Waals surface area contributed by atoms with Gasteiger partial charge in [-0.05, 0) is 12.3 Å². The van der Waals surface area contributed by atoms with Gasteiger partial charge in [-0.2, -0.15) is 5.10 Å². The maximum absolute atomic E-state index is 3.78. The molecule has 0 aromatic carbocycles. The second-order valence-electron chi connectivity index (χ2n) is 2.84. The summed E-state index contributed by atoms with van der Waals surface area (Å²) in [6.07, 6.45) is 2.93.